The average molecular weight is 491 g/mol. The molecule has 33 heavy (non-hydrogen) atoms. The van der Waals surface area contributed by atoms with Gasteiger partial charge in [0.05, 0.1) is 6.04 Å². The first-order valence-electron chi connectivity index (χ1n) is 11.0. The van der Waals surface area contributed by atoms with Gasteiger partial charge in [-0.3, -0.25) is 19.2 Å². The fourth-order valence-corrected chi connectivity index (χ4v) is 3.33. The smallest absolute Gasteiger partial charge is 0.326 e. The van der Waals surface area contributed by atoms with Gasteiger partial charge in [-0.1, -0.05) is 34.1 Å². The van der Waals surface area contributed by atoms with Crippen LogP contribution in [0.25, 0.3) is 0 Å². The van der Waals surface area contributed by atoms with Crippen LogP contribution in [0.4, 0.5) is 0 Å². The van der Waals surface area contributed by atoms with Crippen molar-refractivity contribution >= 4 is 41.4 Å². The fourth-order valence-electron chi connectivity index (χ4n) is 2.86. The minimum absolute atomic E-state index is 0.0813. The van der Waals surface area contributed by atoms with Crippen LogP contribution >= 0.6 is 11.8 Å². The first kappa shape index (κ1) is 30.7. The van der Waals surface area contributed by atoms with E-state index < -0.39 is 66.2 Å². The molecule has 0 rings (SSSR count). The van der Waals surface area contributed by atoms with Crippen molar-refractivity contribution < 1.29 is 34.2 Å². The fraction of sp³-hybridized carbons (Fsp3) is 0.762. The van der Waals surface area contributed by atoms with E-state index in [1.807, 2.05) is 20.1 Å². The summed E-state index contributed by atoms with van der Waals surface area (Å²) in [5, 5.41) is 25.6. The maximum atomic E-state index is 13.0. The Balaban J connectivity index is 5.41. The highest BCUT2D eigenvalue weighted by Gasteiger charge is 2.32. The Hall–Kier alpha value is -2.34. The summed E-state index contributed by atoms with van der Waals surface area (Å²) in [6.45, 7) is 7.09. The Morgan fingerprint density at radius 2 is 1.45 bits per heavy atom. The number of nitrogens with one attached hydrogen (secondary N) is 3. The second-order valence-corrected chi connectivity index (χ2v) is 9.30. The number of carbonyl (C=O) groups is 5. The van der Waals surface area contributed by atoms with Crippen LogP contribution in [-0.2, 0) is 24.0 Å². The van der Waals surface area contributed by atoms with Gasteiger partial charge in [0.1, 0.15) is 18.1 Å². The van der Waals surface area contributed by atoms with Crippen molar-refractivity contribution in [2.24, 2.45) is 17.6 Å². The highest BCUT2D eigenvalue weighted by Crippen LogP contribution is 2.09. The monoisotopic (exact) mass is 490 g/mol. The van der Waals surface area contributed by atoms with Gasteiger partial charge < -0.3 is 31.9 Å². The number of hydrogen-bond donors (Lipinski definition) is 6. The molecule has 0 bridgehead atoms. The van der Waals surface area contributed by atoms with E-state index >= 15 is 0 Å². The van der Waals surface area contributed by atoms with E-state index in [1.165, 1.54) is 11.8 Å². The van der Waals surface area contributed by atoms with Gasteiger partial charge in [0.25, 0.3) is 0 Å². The number of aliphatic carboxylic acids is 2. The zero-order valence-electron chi connectivity index (χ0n) is 19.9. The second-order valence-electron chi connectivity index (χ2n) is 8.32. The third kappa shape index (κ3) is 11.4. The number of rotatable bonds is 16. The molecule has 0 fully saturated rings. The molecular formula is C21H38N4O7S. The molecule has 0 aromatic carbocycles. The van der Waals surface area contributed by atoms with Crippen LogP contribution in [0, 0.1) is 11.8 Å². The number of hydrogen-bond acceptors (Lipinski definition) is 7. The second kappa shape index (κ2) is 15.5. The van der Waals surface area contributed by atoms with E-state index in [1.54, 1.807) is 13.8 Å². The summed E-state index contributed by atoms with van der Waals surface area (Å²) in [7, 11) is 0. The van der Waals surface area contributed by atoms with Crippen LogP contribution in [-0.4, -0.2) is 76.0 Å². The number of carbonyl (C=O) groups excluding carboxylic acids is 3. The van der Waals surface area contributed by atoms with Gasteiger partial charge in [0, 0.05) is 6.42 Å². The molecule has 5 unspecified atom stereocenters. The lowest BCUT2D eigenvalue weighted by Gasteiger charge is -2.27. The normalized spacial score (nSPS) is 15.6. The molecule has 0 saturated carbocycles. The molecule has 0 aliphatic carbocycles. The van der Waals surface area contributed by atoms with E-state index in [4.69, 9.17) is 10.8 Å². The first-order valence-corrected chi connectivity index (χ1v) is 12.3. The average Bonchev–Trinajstić information content (AvgIpc) is 2.75. The molecular weight excluding hydrogens is 452 g/mol. The lowest BCUT2D eigenvalue weighted by Crippen LogP contribution is -2.59. The Labute approximate surface area is 199 Å². The maximum absolute atomic E-state index is 13.0. The molecule has 0 saturated heterocycles. The molecule has 0 radical (unpaired) electrons. The minimum Gasteiger partial charge on any atom is -0.481 e. The molecule has 0 heterocycles. The Morgan fingerprint density at radius 1 is 0.879 bits per heavy atom. The zero-order valence-corrected chi connectivity index (χ0v) is 20.7. The molecule has 0 aliphatic rings. The first-order chi connectivity index (χ1) is 15.3. The van der Waals surface area contributed by atoms with Crippen molar-refractivity contribution in [3.63, 3.8) is 0 Å². The van der Waals surface area contributed by atoms with Crippen LogP contribution in [0.1, 0.15) is 53.4 Å². The number of carboxylic acids is 2. The predicted octanol–water partition coefficient (Wildman–Crippen LogP) is 0.173. The minimum atomic E-state index is -1.41. The molecule has 0 aliphatic heterocycles. The third-order valence-corrected chi connectivity index (χ3v) is 5.96. The Morgan fingerprint density at radius 3 is 1.91 bits per heavy atom. The van der Waals surface area contributed by atoms with Gasteiger partial charge in [0.15, 0.2) is 0 Å². The van der Waals surface area contributed by atoms with Crippen LogP contribution < -0.4 is 21.7 Å². The van der Waals surface area contributed by atoms with Crippen LogP contribution in [0.2, 0.25) is 0 Å². The summed E-state index contributed by atoms with van der Waals surface area (Å²) in [5.74, 6) is -4.26. The summed E-state index contributed by atoms with van der Waals surface area (Å²) < 4.78 is 0. The van der Waals surface area contributed by atoms with Crippen molar-refractivity contribution in [3.05, 3.63) is 0 Å². The number of nitrogens with two attached hydrogens (primary N) is 1. The molecule has 7 N–H and O–H groups in total. The van der Waals surface area contributed by atoms with Gasteiger partial charge in [-0.05, 0) is 36.7 Å². The summed E-state index contributed by atoms with van der Waals surface area (Å²) in [6.07, 6.45) is 2.13. The van der Waals surface area contributed by atoms with E-state index in [0.29, 0.717) is 18.6 Å². The summed E-state index contributed by atoms with van der Waals surface area (Å²) in [5.41, 5.74) is 5.97. The lowest BCUT2D eigenvalue weighted by atomic mass is 9.98. The van der Waals surface area contributed by atoms with Crippen LogP contribution in [0.3, 0.4) is 0 Å². The van der Waals surface area contributed by atoms with Gasteiger partial charge in [0.2, 0.25) is 17.7 Å². The van der Waals surface area contributed by atoms with E-state index in [0.717, 1.165) is 0 Å². The molecule has 12 heteroatoms. The van der Waals surface area contributed by atoms with E-state index in [-0.39, 0.29) is 12.3 Å². The highest BCUT2D eigenvalue weighted by molar-refractivity contribution is 7.98. The van der Waals surface area contributed by atoms with Crippen molar-refractivity contribution in [1.82, 2.24) is 16.0 Å². The van der Waals surface area contributed by atoms with Crippen molar-refractivity contribution in [2.45, 2.75) is 77.5 Å². The predicted molar refractivity (Wildman–Crippen MR) is 126 cm³/mol. The number of thioether (sulfide) groups is 1. The molecule has 3 amide bonds. The molecule has 11 nitrogen and oxygen atoms in total. The quantitative estimate of drug-likeness (QED) is 0.175. The third-order valence-electron chi connectivity index (χ3n) is 5.31. The Bertz CT molecular complexity index is 690. The van der Waals surface area contributed by atoms with Crippen LogP contribution in [0.5, 0.6) is 0 Å². The molecule has 5 atom stereocenters. The molecule has 0 aromatic heterocycles. The van der Waals surface area contributed by atoms with Crippen molar-refractivity contribution in [3.8, 4) is 0 Å². The van der Waals surface area contributed by atoms with Gasteiger partial charge in [-0.25, -0.2) is 4.79 Å². The molecule has 190 valence electrons. The summed E-state index contributed by atoms with van der Waals surface area (Å²) in [4.78, 5) is 60.3. The summed E-state index contributed by atoms with van der Waals surface area (Å²) in [6, 6.07) is -4.20. The standard InChI is InChI=1S/C21H38N4O7S/c1-6-12(4)16(22)19(29)23-13(9-10-33-5)18(28)25-17(11(2)3)20(30)24-14(21(31)32)7-8-15(26)27/h11-14,16-17H,6-10,22H2,1-5H3,(H,23,29)(H,24,30)(H,25,28)(H,26,27)(H,31,32). The van der Waals surface area contributed by atoms with Crippen molar-refractivity contribution in [1.29, 1.82) is 0 Å². The SMILES string of the molecule is CCC(C)C(N)C(=O)NC(CCSC)C(=O)NC(C(=O)NC(CCC(=O)O)C(=O)O)C(C)C. The molecule has 0 spiro atoms. The number of amides is 3. The zero-order chi connectivity index (χ0) is 25.7. The lowest BCUT2D eigenvalue weighted by molar-refractivity contribution is -0.143. The van der Waals surface area contributed by atoms with Crippen molar-refractivity contribution in [2.75, 3.05) is 12.0 Å². The van der Waals surface area contributed by atoms with E-state index in [2.05, 4.69) is 16.0 Å². The van der Waals surface area contributed by atoms with Gasteiger partial charge >= 0.3 is 11.9 Å². The van der Waals surface area contributed by atoms with Gasteiger partial charge in [-0.2, -0.15) is 11.8 Å². The number of carboxylic acid groups (broad SMARTS) is 2. The van der Waals surface area contributed by atoms with Crippen LogP contribution in [0.15, 0.2) is 0 Å². The summed E-state index contributed by atoms with van der Waals surface area (Å²) >= 11 is 1.49. The van der Waals surface area contributed by atoms with E-state index in [9.17, 15) is 29.1 Å². The maximum Gasteiger partial charge on any atom is 0.326 e. The van der Waals surface area contributed by atoms with Gasteiger partial charge in [-0.15, -0.1) is 0 Å². The topological polar surface area (TPSA) is 188 Å². The highest BCUT2D eigenvalue weighted by atomic mass is 32.2. The largest absolute Gasteiger partial charge is 0.481 e. The Kier molecular flexibility index (Phi) is 14.4. The molecule has 0 aromatic rings.